The summed E-state index contributed by atoms with van der Waals surface area (Å²) in [6.45, 7) is 1.83. The Labute approximate surface area is 77.2 Å². The number of nitrogens with zero attached hydrogens (tertiary/aromatic N) is 2. The quantitative estimate of drug-likeness (QED) is 0.399. The first-order valence-electron chi connectivity index (χ1n) is 3.93. The number of hydrogen-bond acceptors (Lipinski definition) is 3. The summed E-state index contributed by atoms with van der Waals surface area (Å²) < 4.78 is 0. The molecule has 0 saturated heterocycles. The largest absolute Gasteiger partial charge is 0.380 e. The lowest BCUT2D eigenvalue weighted by molar-refractivity contribution is 0.178. The zero-order valence-corrected chi connectivity index (χ0v) is 7.40. The van der Waals surface area contributed by atoms with E-state index < -0.39 is 0 Å². The van der Waals surface area contributed by atoms with Crippen LogP contribution in [0.5, 0.6) is 0 Å². The molecule has 0 unspecified atom stereocenters. The first-order valence-corrected chi connectivity index (χ1v) is 3.93. The molecule has 0 aromatic heterocycles. The Bertz CT molecular complexity index is 325. The van der Waals surface area contributed by atoms with Gasteiger partial charge in [-0.15, -0.1) is 0 Å². The van der Waals surface area contributed by atoms with E-state index in [2.05, 4.69) is 5.16 Å². The molecule has 66 valence electrons. The Kier molecular flexibility index (Phi) is 3.52. The van der Waals surface area contributed by atoms with Gasteiger partial charge in [-0.1, -0.05) is 35.5 Å². The molecule has 0 spiro atoms. The number of hydrogen-bond donors (Lipinski definition) is 0. The maximum atomic E-state index is 8.21. The third-order valence-corrected chi connectivity index (χ3v) is 1.52. The van der Waals surface area contributed by atoms with E-state index in [0.717, 1.165) is 11.3 Å². The van der Waals surface area contributed by atoms with Crippen molar-refractivity contribution in [2.24, 2.45) is 5.16 Å². The summed E-state index contributed by atoms with van der Waals surface area (Å²) in [7, 11) is 0. The highest BCUT2D eigenvalue weighted by atomic mass is 16.6. The zero-order chi connectivity index (χ0) is 9.52. The number of nitriles is 1. The number of benzene rings is 1. The molecule has 0 atom stereocenters. The van der Waals surface area contributed by atoms with Gasteiger partial charge in [0.15, 0.2) is 0 Å². The molecular formula is C10H10N2O. The van der Waals surface area contributed by atoms with Crippen molar-refractivity contribution in [3.8, 4) is 6.07 Å². The predicted octanol–water partition coefficient (Wildman–Crippen LogP) is 1.95. The van der Waals surface area contributed by atoms with Gasteiger partial charge in [-0.3, -0.25) is 0 Å². The highest BCUT2D eigenvalue weighted by molar-refractivity contribution is 5.98. The molecule has 13 heavy (non-hydrogen) atoms. The first-order chi connectivity index (χ1) is 6.34. The molecule has 0 aliphatic rings. The molecule has 0 radical (unpaired) electrons. The Balaban J connectivity index is 2.63. The van der Waals surface area contributed by atoms with Gasteiger partial charge in [-0.25, -0.2) is 0 Å². The normalized spacial score (nSPS) is 10.6. The lowest BCUT2D eigenvalue weighted by Gasteiger charge is -1.98. The third kappa shape index (κ3) is 2.96. The topological polar surface area (TPSA) is 45.4 Å². The Morgan fingerprint density at radius 2 is 2.15 bits per heavy atom. The van der Waals surface area contributed by atoms with Crippen molar-refractivity contribution in [3.05, 3.63) is 35.9 Å². The van der Waals surface area contributed by atoms with Crippen molar-refractivity contribution < 1.29 is 4.84 Å². The van der Waals surface area contributed by atoms with Gasteiger partial charge in [0.1, 0.15) is 6.07 Å². The molecule has 0 aliphatic heterocycles. The summed E-state index contributed by atoms with van der Waals surface area (Å²) in [6, 6.07) is 11.5. The number of oxime groups is 1. The van der Waals surface area contributed by atoms with Crippen molar-refractivity contribution >= 4 is 5.71 Å². The van der Waals surface area contributed by atoms with E-state index >= 15 is 0 Å². The summed E-state index contributed by atoms with van der Waals surface area (Å²) in [5, 5.41) is 12.0. The van der Waals surface area contributed by atoms with E-state index in [0.29, 0.717) is 0 Å². The fourth-order valence-corrected chi connectivity index (χ4v) is 0.890. The minimum absolute atomic E-state index is 0.00975. The van der Waals surface area contributed by atoms with Crippen LogP contribution in [0.1, 0.15) is 12.5 Å². The van der Waals surface area contributed by atoms with E-state index in [1.165, 1.54) is 0 Å². The van der Waals surface area contributed by atoms with Crippen LogP contribution in [0.25, 0.3) is 0 Å². The maximum Gasteiger partial charge on any atom is 0.202 e. The molecule has 0 bridgehead atoms. The minimum atomic E-state index is -0.00975. The van der Waals surface area contributed by atoms with Crippen LogP contribution in [-0.4, -0.2) is 12.3 Å². The van der Waals surface area contributed by atoms with Crippen LogP contribution < -0.4 is 0 Å². The monoisotopic (exact) mass is 174 g/mol. The molecule has 1 aromatic carbocycles. The smallest absolute Gasteiger partial charge is 0.202 e. The fraction of sp³-hybridized carbons (Fsp3) is 0.200. The van der Waals surface area contributed by atoms with E-state index in [1.807, 2.05) is 43.3 Å². The average molecular weight is 174 g/mol. The van der Waals surface area contributed by atoms with Gasteiger partial charge in [-0.05, 0) is 12.5 Å². The van der Waals surface area contributed by atoms with E-state index in [4.69, 9.17) is 10.1 Å². The van der Waals surface area contributed by atoms with Gasteiger partial charge in [0, 0.05) is 0 Å². The molecule has 3 nitrogen and oxygen atoms in total. The summed E-state index contributed by atoms with van der Waals surface area (Å²) in [6.07, 6.45) is 0. The molecule has 0 aliphatic carbocycles. The SMILES string of the molecule is C/C(=N\OCC#N)c1ccccc1. The van der Waals surface area contributed by atoms with Crippen LogP contribution in [0.2, 0.25) is 0 Å². The molecule has 0 fully saturated rings. The van der Waals surface area contributed by atoms with E-state index in [9.17, 15) is 0 Å². The fourth-order valence-electron chi connectivity index (χ4n) is 0.890. The zero-order valence-electron chi connectivity index (χ0n) is 7.40. The Morgan fingerprint density at radius 1 is 1.46 bits per heavy atom. The summed E-state index contributed by atoms with van der Waals surface area (Å²) in [5.41, 5.74) is 1.77. The van der Waals surface area contributed by atoms with Gasteiger partial charge in [0.05, 0.1) is 5.71 Å². The van der Waals surface area contributed by atoms with E-state index in [1.54, 1.807) is 0 Å². The van der Waals surface area contributed by atoms with Gasteiger partial charge >= 0.3 is 0 Å². The first kappa shape index (κ1) is 9.27. The molecule has 3 heteroatoms. The van der Waals surface area contributed by atoms with Crippen LogP contribution in [0.4, 0.5) is 0 Å². The molecule has 1 rings (SSSR count). The van der Waals surface area contributed by atoms with Crippen LogP contribution in [0.3, 0.4) is 0 Å². The molecule has 1 aromatic rings. The van der Waals surface area contributed by atoms with Crippen molar-refractivity contribution in [1.29, 1.82) is 5.26 Å². The van der Waals surface area contributed by atoms with Crippen LogP contribution >= 0.6 is 0 Å². The lowest BCUT2D eigenvalue weighted by atomic mass is 10.1. The highest BCUT2D eigenvalue weighted by Crippen LogP contribution is 2.00. The predicted molar refractivity (Wildman–Crippen MR) is 50.2 cm³/mol. The summed E-state index contributed by atoms with van der Waals surface area (Å²) >= 11 is 0. The third-order valence-electron chi connectivity index (χ3n) is 1.52. The van der Waals surface area contributed by atoms with Crippen LogP contribution in [0, 0.1) is 11.3 Å². The van der Waals surface area contributed by atoms with Crippen molar-refractivity contribution in [2.45, 2.75) is 6.92 Å². The second-order valence-electron chi connectivity index (χ2n) is 2.47. The molecule has 0 saturated carbocycles. The van der Waals surface area contributed by atoms with Crippen molar-refractivity contribution in [1.82, 2.24) is 0 Å². The summed E-state index contributed by atoms with van der Waals surface area (Å²) in [4.78, 5) is 4.73. The van der Waals surface area contributed by atoms with Gasteiger partial charge in [0.2, 0.25) is 6.61 Å². The van der Waals surface area contributed by atoms with Gasteiger partial charge in [-0.2, -0.15) is 5.26 Å². The Morgan fingerprint density at radius 3 is 2.77 bits per heavy atom. The molecule has 0 amide bonds. The molecule has 0 heterocycles. The van der Waals surface area contributed by atoms with Crippen LogP contribution in [-0.2, 0) is 4.84 Å². The maximum absolute atomic E-state index is 8.21. The average Bonchev–Trinajstić information content (AvgIpc) is 2.19. The number of rotatable bonds is 3. The van der Waals surface area contributed by atoms with E-state index in [-0.39, 0.29) is 6.61 Å². The van der Waals surface area contributed by atoms with Gasteiger partial charge < -0.3 is 4.84 Å². The van der Waals surface area contributed by atoms with Crippen LogP contribution in [0.15, 0.2) is 35.5 Å². The van der Waals surface area contributed by atoms with Crippen molar-refractivity contribution in [2.75, 3.05) is 6.61 Å². The van der Waals surface area contributed by atoms with Gasteiger partial charge in [0.25, 0.3) is 0 Å². The van der Waals surface area contributed by atoms with Crippen molar-refractivity contribution in [3.63, 3.8) is 0 Å². The lowest BCUT2D eigenvalue weighted by Crippen LogP contribution is -1.95. The highest BCUT2D eigenvalue weighted by Gasteiger charge is 1.94. The molecular weight excluding hydrogens is 164 g/mol. The molecule has 0 N–H and O–H groups in total. The second kappa shape index (κ2) is 4.94. The second-order valence-corrected chi connectivity index (χ2v) is 2.47. The minimum Gasteiger partial charge on any atom is -0.380 e. The Hall–Kier alpha value is -1.82. The standard InChI is InChI=1S/C10H10N2O/c1-9(12-13-8-7-11)10-5-3-2-4-6-10/h2-6H,8H2,1H3/b12-9+. The summed E-state index contributed by atoms with van der Waals surface area (Å²) in [5.74, 6) is 0.